The second kappa shape index (κ2) is 6.36. The van der Waals surface area contributed by atoms with Crippen LogP contribution in [0.25, 0.3) is 0 Å². The van der Waals surface area contributed by atoms with Crippen LogP contribution in [0.5, 0.6) is 0 Å². The van der Waals surface area contributed by atoms with E-state index in [4.69, 9.17) is 9.47 Å². The number of ether oxygens (including phenoxy) is 2. The van der Waals surface area contributed by atoms with Crippen LogP contribution < -0.4 is 0 Å². The molecular formula is C15H28O3. The van der Waals surface area contributed by atoms with Gasteiger partial charge in [-0.15, -0.1) is 0 Å². The molecule has 0 bridgehead atoms. The van der Waals surface area contributed by atoms with Crippen LogP contribution in [0.2, 0.25) is 0 Å². The summed E-state index contributed by atoms with van der Waals surface area (Å²) < 4.78 is 11.6. The molecular weight excluding hydrogens is 228 g/mol. The van der Waals surface area contributed by atoms with Gasteiger partial charge in [-0.05, 0) is 43.9 Å². The molecule has 3 nitrogen and oxygen atoms in total. The van der Waals surface area contributed by atoms with Gasteiger partial charge >= 0.3 is 0 Å². The van der Waals surface area contributed by atoms with Gasteiger partial charge in [0.05, 0.1) is 12.7 Å². The third-order valence-corrected chi connectivity index (χ3v) is 4.45. The normalized spacial score (nSPS) is 32.3. The summed E-state index contributed by atoms with van der Waals surface area (Å²) in [6.45, 7) is 7.10. The maximum absolute atomic E-state index is 9.77. The van der Waals surface area contributed by atoms with Crippen LogP contribution >= 0.6 is 0 Å². The molecule has 1 saturated heterocycles. The van der Waals surface area contributed by atoms with E-state index in [9.17, 15) is 5.11 Å². The van der Waals surface area contributed by atoms with Crippen LogP contribution in [0.3, 0.4) is 0 Å². The van der Waals surface area contributed by atoms with Crippen molar-refractivity contribution in [1.29, 1.82) is 0 Å². The number of aliphatic hydroxyl groups excluding tert-OH is 1. The smallest absolute Gasteiger partial charge is 0.0683 e. The zero-order valence-electron chi connectivity index (χ0n) is 11.9. The highest BCUT2D eigenvalue weighted by molar-refractivity contribution is 4.99. The van der Waals surface area contributed by atoms with Gasteiger partial charge in [0.25, 0.3) is 0 Å². The lowest BCUT2D eigenvalue weighted by Crippen LogP contribution is -2.37. The number of hydrogen-bond acceptors (Lipinski definition) is 3. The summed E-state index contributed by atoms with van der Waals surface area (Å²) in [6, 6.07) is 0. The minimum Gasteiger partial charge on any atom is -0.396 e. The van der Waals surface area contributed by atoms with E-state index in [1.807, 2.05) is 0 Å². The van der Waals surface area contributed by atoms with E-state index in [2.05, 4.69) is 13.8 Å². The van der Waals surface area contributed by atoms with E-state index in [-0.39, 0.29) is 18.1 Å². The molecule has 0 aromatic carbocycles. The third kappa shape index (κ3) is 3.46. The van der Waals surface area contributed by atoms with Crippen molar-refractivity contribution in [2.24, 2.45) is 17.3 Å². The first-order valence-electron chi connectivity index (χ1n) is 7.48. The molecule has 2 atom stereocenters. The lowest BCUT2D eigenvalue weighted by atomic mass is 9.77. The Morgan fingerprint density at radius 2 is 2.11 bits per heavy atom. The monoisotopic (exact) mass is 256 g/mol. The van der Waals surface area contributed by atoms with Crippen molar-refractivity contribution in [3.63, 3.8) is 0 Å². The number of rotatable bonds is 8. The Morgan fingerprint density at radius 1 is 1.33 bits per heavy atom. The minimum absolute atomic E-state index is 0.0149. The van der Waals surface area contributed by atoms with Crippen molar-refractivity contribution < 1.29 is 14.6 Å². The first-order valence-corrected chi connectivity index (χ1v) is 7.48. The summed E-state index contributed by atoms with van der Waals surface area (Å²) in [4.78, 5) is 0. The molecule has 1 aliphatic carbocycles. The second-order valence-corrected chi connectivity index (χ2v) is 6.44. The van der Waals surface area contributed by atoms with Crippen molar-refractivity contribution in [1.82, 2.24) is 0 Å². The maximum Gasteiger partial charge on any atom is 0.0683 e. The first-order chi connectivity index (χ1) is 8.68. The zero-order valence-corrected chi connectivity index (χ0v) is 11.9. The van der Waals surface area contributed by atoms with Gasteiger partial charge < -0.3 is 14.6 Å². The van der Waals surface area contributed by atoms with Gasteiger partial charge in [-0.3, -0.25) is 0 Å². The molecule has 1 saturated carbocycles. The van der Waals surface area contributed by atoms with Crippen molar-refractivity contribution >= 4 is 0 Å². The molecule has 3 heteroatoms. The lowest BCUT2D eigenvalue weighted by Gasteiger charge is -2.32. The van der Waals surface area contributed by atoms with Gasteiger partial charge in [0.1, 0.15) is 0 Å². The van der Waals surface area contributed by atoms with Crippen LogP contribution in [0.4, 0.5) is 0 Å². The fourth-order valence-corrected chi connectivity index (χ4v) is 2.96. The highest BCUT2D eigenvalue weighted by atomic mass is 16.5. The van der Waals surface area contributed by atoms with E-state index in [1.165, 1.54) is 12.8 Å². The summed E-state index contributed by atoms with van der Waals surface area (Å²) in [5.74, 6) is 1.40. The Balaban J connectivity index is 1.73. The quantitative estimate of drug-likeness (QED) is 0.678. The molecule has 2 fully saturated rings. The van der Waals surface area contributed by atoms with Crippen molar-refractivity contribution in [2.45, 2.75) is 52.1 Å². The maximum atomic E-state index is 9.77. The van der Waals surface area contributed by atoms with Crippen molar-refractivity contribution in [2.75, 3.05) is 26.4 Å². The summed E-state index contributed by atoms with van der Waals surface area (Å²) in [5, 5.41) is 9.77. The summed E-state index contributed by atoms with van der Waals surface area (Å²) >= 11 is 0. The molecule has 1 heterocycles. The Labute approximate surface area is 111 Å². The second-order valence-electron chi connectivity index (χ2n) is 6.44. The van der Waals surface area contributed by atoms with Gasteiger partial charge in [-0.1, -0.05) is 13.8 Å². The first kappa shape index (κ1) is 14.3. The largest absolute Gasteiger partial charge is 0.396 e. The van der Waals surface area contributed by atoms with E-state index in [1.54, 1.807) is 0 Å². The third-order valence-electron chi connectivity index (χ3n) is 4.45. The average Bonchev–Trinajstić information content (AvgIpc) is 3.10. The molecule has 0 spiro atoms. The number of hydrogen-bond donors (Lipinski definition) is 1. The van der Waals surface area contributed by atoms with Crippen molar-refractivity contribution in [3.05, 3.63) is 0 Å². The molecule has 2 aliphatic rings. The fourth-order valence-electron chi connectivity index (χ4n) is 2.96. The molecule has 0 aromatic heterocycles. The highest BCUT2D eigenvalue weighted by Gasteiger charge is 2.50. The fraction of sp³-hybridized carbons (Fsp3) is 1.00. The van der Waals surface area contributed by atoms with E-state index >= 15 is 0 Å². The SMILES string of the molecule is CC(C)CCOCCC1(CO)CCOC1C1CC1. The van der Waals surface area contributed by atoms with Crippen LogP contribution in [-0.4, -0.2) is 37.6 Å². The van der Waals surface area contributed by atoms with Gasteiger partial charge in [-0.2, -0.15) is 0 Å². The zero-order chi connectivity index (χ0) is 13.0. The Bertz CT molecular complexity index is 250. The minimum atomic E-state index is -0.0149. The Kier molecular flexibility index (Phi) is 5.05. The molecule has 18 heavy (non-hydrogen) atoms. The summed E-state index contributed by atoms with van der Waals surface area (Å²) in [7, 11) is 0. The lowest BCUT2D eigenvalue weighted by molar-refractivity contribution is -0.0209. The van der Waals surface area contributed by atoms with Crippen LogP contribution in [0.15, 0.2) is 0 Å². The molecule has 106 valence electrons. The van der Waals surface area contributed by atoms with Crippen LogP contribution in [0, 0.1) is 17.3 Å². The molecule has 2 rings (SSSR count). The summed E-state index contributed by atoms with van der Waals surface area (Å²) in [6.07, 6.45) is 5.91. The van der Waals surface area contributed by atoms with Crippen LogP contribution in [-0.2, 0) is 9.47 Å². The van der Waals surface area contributed by atoms with Gasteiger partial charge in [0, 0.05) is 25.2 Å². The number of aliphatic hydroxyl groups is 1. The molecule has 1 N–H and O–H groups in total. The Hall–Kier alpha value is -0.120. The van der Waals surface area contributed by atoms with E-state index < -0.39 is 0 Å². The molecule has 0 radical (unpaired) electrons. The van der Waals surface area contributed by atoms with Gasteiger partial charge in [0.2, 0.25) is 0 Å². The van der Waals surface area contributed by atoms with Crippen molar-refractivity contribution in [3.8, 4) is 0 Å². The molecule has 1 aliphatic heterocycles. The molecule has 0 amide bonds. The van der Waals surface area contributed by atoms with Crippen LogP contribution in [0.1, 0.15) is 46.0 Å². The predicted molar refractivity (Wildman–Crippen MR) is 71.5 cm³/mol. The molecule has 2 unspecified atom stereocenters. The van der Waals surface area contributed by atoms with E-state index in [0.717, 1.165) is 39.1 Å². The predicted octanol–water partition coefficient (Wildman–Crippen LogP) is 2.62. The van der Waals surface area contributed by atoms with Gasteiger partial charge in [-0.25, -0.2) is 0 Å². The highest BCUT2D eigenvalue weighted by Crippen LogP contribution is 2.49. The van der Waals surface area contributed by atoms with Gasteiger partial charge in [0.15, 0.2) is 0 Å². The standard InChI is InChI=1S/C15H28O3/c1-12(2)5-8-17-9-6-15(11-16)7-10-18-14(15)13-3-4-13/h12-14,16H,3-11H2,1-2H3. The molecule has 0 aromatic rings. The average molecular weight is 256 g/mol. The summed E-state index contributed by atoms with van der Waals surface area (Å²) in [5.41, 5.74) is -0.0149. The topological polar surface area (TPSA) is 38.7 Å². The Morgan fingerprint density at radius 3 is 2.72 bits per heavy atom. The van der Waals surface area contributed by atoms with E-state index in [0.29, 0.717) is 11.8 Å².